The highest BCUT2D eigenvalue weighted by molar-refractivity contribution is 7.52. The summed E-state index contributed by atoms with van der Waals surface area (Å²) in [6.07, 6.45) is 3.57. The van der Waals surface area contributed by atoms with Crippen LogP contribution in [0.1, 0.15) is 6.92 Å². The Morgan fingerprint density at radius 1 is 1.54 bits per heavy atom. The van der Waals surface area contributed by atoms with Crippen LogP contribution < -0.4 is 0 Å². The SMILES string of the molecule is C=C(C)C(=O)OC#COP(C)(=O)O. The summed E-state index contributed by atoms with van der Waals surface area (Å²) in [4.78, 5) is 19.2. The predicted octanol–water partition coefficient (Wildman–Crippen LogP) is 0.856. The first-order chi connectivity index (χ1) is 5.83. The molecule has 13 heavy (non-hydrogen) atoms. The van der Waals surface area contributed by atoms with Crippen molar-refractivity contribution < 1.29 is 23.5 Å². The van der Waals surface area contributed by atoms with Gasteiger partial charge in [-0.05, 0) is 6.92 Å². The lowest BCUT2D eigenvalue weighted by molar-refractivity contribution is -0.132. The molecular weight excluding hydrogens is 195 g/mol. The number of esters is 1. The maximum Gasteiger partial charge on any atom is 0.381 e. The van der Waals surface area contributed by atoms with Crippen molar-refractivity contribution in [3.05, 3.63) is 12.2 Å². The van der Waals surface area contributed by atoms with Crippen LogP contribution in [0.15, 0.2) is 12.2 Å². The molecule has 0 aliphatic rings. The van der Waals surface area contributed by atoms with Crippen LogP contribution in [0.5, 0.6) is 0 Å². The minimum Gasteiger partial charge on any atom is -0.367 e. The Kier molecular flexibility index (Phi) is 4.26. The zero-order chi connectivity index (χ0) is 10.5. The van der Waals surface area contributed by atoms with E-state index in [1.807, 2.05) is 6.11 Å². The Morgan fingerprint density at radius 3 is 2.46 bits per heavy atom. The minimum absolute atomic E-state index is 0.179. The molecule has 1 atom stereocenters. The highest BCUT2D eigenvalue weighted by atomic mass is 31.2. The van der Waals surface area contributed by atoms with Gasteiger partial charge in [0, 0.05) is 5.57 Å². The average molecular weight is 204 g/mol. The smallest absolute Gasteiger partial charge is 0.367 e. The van der Waals surface area contributed by atoms with E-state index < -0.39 is 13.6 Å². The Morgan fingerprint density at radius 2 is 2.08 bits per heavy atom. The topological polar surface area (TPSA) is 72.8 Å². The highest BCUT2D eigenvalue weighted by Gasteiger charge is 2.07. The van der Waals surface area contributed by atoms with E-state index in [1.54, 1.807) is 6.11 Å². The quantitative estimate of drug-likeness (QED) is 0.312. The fraction of sp³-hybridized carbons (Fsp3) is 0.286. The third-order valence-electron chi connectivity index (χ3n) is 0.749. The predicted molar refractivity (Wildman–Crippen MR) is 45.5 cm³/mol. The average Bonchev–Trinajstić information content (AvgIpc) is 1.95. The lowest BCUT2D eigenvalue weighted by Crippen LogP contribution is -1.99. The molecule has 0 aromatic rings. The summed E-state index contributed by atoms with van der Waals surface area (Å²) < 4.78 is 18.8. The minimum atomic E-state index is -3.64. The summed E-state index contributed by atoms with van der Waals surface area (Å²) in [7, 11) is -3.64. The highest BCUT2D eigenvalue weighted by Crippen LogP contribution is 2.35. The van der Waals surface area contributed by atoms with Gasteiger partial charge in [0.05, 0.1) is 6.66 Å². The van der Waals surface area contributed by atoms with E-state index in [9.17, 15) is 9.36 Å². The molecule has 0 heterocycles. The second-order valence-electron chi connectivity index (χ2n) is 2.27. The molecule has 0 saturated heterocycles. The normalized spacial score (nSPS) is 13.2. The van der Waals surface area contributed by atoms with Gasteiger partial charge in [0.25, 0.3) is 0 Å². The first-order valence-electron chi connectivity index (χ1n) is 3.18. The molecule has 0 aromatic carbocycles. The number of carbonyl (C=O) groups is 1. The van der Waals surface area contributed by atoms with Gasteiger partial charge in [-0.2, -0.15) is 0 Å². The summed E-state index contributed by atoms with van der Waals surface area (Å²) in [6, 6.07) is 0. The Labute approximate surface area is 75.9 Å². The van der Waals surface area contributed by atoms with Gasteiger partial charge in [0.2, 0.25) is 0 Å². The number of hydrogen-bond acceptors (Lipinski definition) is 4. The standard InChI is InChI=1S/C7H9O5P/c1-6(2)7(8)11-4-5-12-13(3,9)10/h1H2,2-3H3,(H,9,10). The summed E-state index contributed by atoms with van der Waals surface area (Å²) in [5.41, 5.74) is 0.179. The molecule has 0 bridgehead atoms. The van der Waals surface area contributed by atoms with Gasteiger partial charge in [-0.3, -0.25) is 0 Å². The third kappa shape index (κ3) is 7.13. The van der Waals surface area contributed by atoms with Crippen LogP contribution >= 0.6 is 7.60 Å². The third-order valence-corrected chi connectivity index (χ3v) is 1.18. The van der Waals surface area contributed by atoms with Gasteiger partial charge in [-0.15, -0.1) is 0 Å². The van der Waals surface area contributed by atoms with Crippen molar-refractivity contribution in [1.82, 2.24) is 0 Å². The van der Waals surface area contributed by atoms with Gasteiger partial charge in [-0.25, -0.2) is 9.36 Å². The molecule has 0 aliphatic heterocycles. The molecule has 0 fully saturated rings. The first kappa shape index (κ1) is 11.8. The van der Waals surface area contributed by atoms with Crippen molar-refractivity contribution in [2.45, 2.75) is 6.92 Å². The summed E-state index contributed by atoms with van der Waals surface area (Å²) >= 11 is 0. The maximum atomic E-state index is 10.7. The maximum absolute atomic E-state index is 10.7. The fourth-order valence-electron chi connectivity index (χ4n) is 0.258. The fourth-order valence-corrected chi connectivity index (χ4v) is 0.464. The molecule has 0 rings (SSSR count). The van der Waals surface area contributed by atoms with Crippen LogP contribution in [0.4, 0.5) is 0 Å². The van der Waals surface area contributed by atoms with Crippen molar-refractivity contribution in [2.24, 2.45) is 0 Å². The molecule has 0 radical (unpaired) electrons. The Bertz CT molecular complexity index is 316. The number of ether oxygens (including phenoxy) is 1. The van der Waals surface area contributed by atoms with Crippen molar-refractivity contribution in [3.8, 4) is 12.2 Å². The molecule has 0 aliphatic carbocycles. The first-order valence-corrected chi connectivity index (χ1v) is 5.21. The second kappa shape index (κ2) is 4.70. The van der Waals surface area contributed by atoms with Crippen LogP contribution in [0.3, 0.4) is 0 Å². The van der Waals surface area contributed by atoms with Crippen molar-refractivity contribution >= 4 is 13.6 Å². The van der Waals surface area contributed by atoms with Crippen molar-refractivity contribution in [3.63, 3.8) is 0 Å². The van der Waals surface area contributed by atoms with Gasteiger partial charge in [0.1, 0.15) is 0 Å². The molecule has 0 amide bonds. The zero-order valence-electron chi connectivity index (χ0n) is 7.23. The van der Waals surface area contributed by atoms with Crippen LogP contribution in [0, 0.1) is 12.2 Å². The van der Waals surface area contributed by atoms with Gasteiger partial charge in [-0.1, -0.05) is 6.58 Å². The molecule has 0 aromatic heterocycles. The van der Waals surface area contributed by atoms with E-state index in [4.69, 9.17) is 4.89 Å². The van der Waals surface area contributed by atoms with Crippen LogP contribution in [0.25, 0.3) is 0 Å². The van der Waals surface area contributed by atoms with Crippen LogP contribution in [-0.2, 0) is 18.6 Å². The summed E-state index contributed by atoms with van der Waals surface area (Å²) in [5.74, 6) is -0.708. The summed E-state index contributed by atoms with van der Waals surface area (Å²) in [5, 5.41) is 0. The molecule has 72 valence electrons. The van der Waals surface area contributed by atoms with Crippen LogP contribution in [0.2, 0.25) is 0 Å². The largest absolute Gasteiger partial charge is 0.381 e. The van der Waals surface area contributed by atoms with E-state index in [-0.39, 0.29) is 5.57 Å². The van der Waals surface area contributed by atoms with E-state index in [1.165, 1.54) is 6.92 Å². The number of carbonyl (C=O) groups excluding carboxylic acids is 1. The van der Waals surface area contributed by atoms with E-state index >= 15 is 0 Å². The molecule has 1 N–H and O–H groups in total. The van der Waals surface area contributed by atoms with Crippen molar-refractivity contribution in [2.75, 3.05) is 6.66 Å². The Balaban J connectivity index is 3.96. The molecule has 0 saturated carbocycles. The van der Waals surface area contributed by atoms with E-state index in [2.05, 4.69) is 15.8 Å². The molecule has 1 unspecified atom stereocenters. The lowest BCUT2D eigenvalue weighted by atomic mass is 10.4. The number of rotatable bonds is 2. The number of hydrogen-bond donors (Lipinski definition) is 1. The van der Waals surface area contributed by atoms with Gasteiger partial charge < -0.3 is 14.2 Å². The Hall–Kier alpha value is -1.24. The molecule has 0 spiro atoms. The second-order valence-corrected chi connectivity index (χ2v) is 4.06. The summed E-state index contributed by atoms with van der Waals surface area (Å²) in [6.45, 7) is 5.70. The molecular formula is C7H9O5P. The van der Waals surface area contributed by atoms with E-state index in [0.717, 1.165) is 6.66 Å². The monoisotopic (exact) mass is 204 g/mol. The van der Waals surface area contributed by atoms with Crippen LogP contribution in [-0.4, -0.2) is 17.5 Å². The van der Waals surface area contributed by atoms with Crippen molar-refractivity contribution in [1.29, 1.82) is 0 Å². The zero-order valence-corrected chi connectivity index (χ0v) is 8.13. The van der Waals surface area contributed by atoms with Gasteiger partial charge >= 0.3 is 13.6 Å². The van der Waals surface area contributed by atoms with Gasteiger partial charge in [0.15, 0.2) is 12.2 Å². The molecule has 5 nitrogen and oxygen atoms in total. The van der Waals surface area contributed by atoms with E-state index in [0.29, 0.717) is 0 Å². The molecule has 6 heteroatoms. The lowest BCUT2D eigenvalue weighted by Gasteiger charge is -1.97.